The van der Waals surface area contributed by atoms with E-state index in [1.54, 1.807) is 12.5 Å². The molecule has 0 aliphatic carbocycles. The minimum atomic E-state index is -0.347. The zero-order chi connectivity index (χ0) is 11.9. The maximum absolute atomic E-state index is 5.66. The van der Waals surface area contributed by atoms with E-state index in [0.29, 0.717) is 5.92 Å². The Morgan fingerprint density at radius 3 is 2.19 bits per heavy atom. The molecule has 1 aliphatic rings. The van der Waals surface area contributed by atoms with Crippen molar-refractivity contribution in [3.63, 3.8) is 0 Å². The third-order valence-electron chi connectivity index (χ3n) is 3.00. The molecule has 0 fully saturated rings. The summed E-state index contributed by atoms with van der Waals surface area (Å²) in [7, 11) is 0. The summed E-state index contributed by atoms with van der Waals surface area (Å²) in [6.45, 7) is 6.67. The predicted molar refractivity (Wildman–Crippen MR) is 66.9 cm³/mol. The fourth-order valence-corrected chi connectivity index (χ4v) is 2.27. The highest BCUT2D eigenvalue weighted by Gasteiger charge is 2.35. The molecule has 0 atom stereocenters. The smallest absolute Gasteiger partial charge is 0.250 e. The first kappa shape index (κ1) is 13.4. The highest BCUT2D eigenvalue weighted by atomic mass is 16.7. The Hall–Kier alpha value is -0.660. The average molecular weight is 226 g/mol. The second kappa shape index (κ2) is 6.82. The van der Waals surface area contributed by atoms with Gasteiger partial charge in [-0.25, -0.2) is 0 Å². The van der Waals surface area contributed by atoms with Crippen LogP contribution in [0.1, 0.15) is 65.7 Å². The van der Waals surface area contributed by atoms with Gasteiger partial charge in [0.05, 0.1) is 0 Å². The lowest BCUT2D eigenvalue weighted by Gasteiger charge is -2.29. The number of ether oxygens (including phenoxy) is 2. The van der Waals surface area contributed by atoms with E-state index >= 15 is 0 Å². The van der Waals surface area contributed by atoms with Gasteiger partial charge in [-0.2, -0.15) is 0 Å². The van der Waals surface area contributed by atoms with Crippen molar-refractivity contribution in [1.82, 2.24) is 0 Å². The molecule has 0 bridgehead atoms. The molecule has 0 unspecified atom stereocenters. The number of hydrogen-bond acceptors (Lipinski definition) is 2. The van der Waals surface area contributed by atoms with Gasteiger partial charge in [0.1, 0.15) is 12.5 Å². The SMILES string of the molecule is CCCCCCCC1(CC(C)C)OC=CO1. The highest BCUT2D eigenvalue weighted by Crippen LogP contribution is 2.33. The van der Waals surface area contributed by atoms with Gasteiger partial charge in [-0.1, -0.05) is 46.5 Å². The van der Waals surface area contributed by atoms with Gasteiger partial charge in [-0.15, -0.1) is 0 Å². The standard InChI is InChI=1S/C14H26O2/c1-4-5-6-7-8-9-14(12-13(2)3)15-10-11-16-14/h10-11,13H,4-9,12H2,1-3H3. The van der Waals surface area contributed by atoms with Crippen LogP contribution in [0.4, 0.5) is 0 Å². The van der Waals surface area contributed by atoms with Crippen LogP contribution >= 0.6 is 0 Å². The molecule has 2 heteroatoms. The van der Waals surface area contributed by atoms with E-state index in [1.807, 2.05) is 0 Å². The van der Waals surface area contributed by atoms with E-state index in [2.05, 4.69) is 20.8 Å². The van der Waals surface area contributed by atoms with Gasteiger partial charge < -0.3 is 9.47 Å². The summed E-state index contributed by atoms with van der Waals surface area (Å²) < 4.78 is 11.3. The van der Waals surface area contributed by atoms with Gasteiger partial charge in [0, 0.05) is 12.8 Å². The van der Waals surface area contributed by atoms with Gasteiger partial charge in [0.2, 0.25) is 5.79 Å². The maximum Gasteiger partial charge on any atom is 0.250 e. The van der Waals surface area contributed by atoms with Crippen molar-refractivity contribution >= 4 is 0 Å². The fourth-order valence-electron chi connectivity index (χ4n) is 2.27. The zero-order valence-corrected chi connectivity index (χ0v) is 11.0. The molecule has 16 heavy (non-hydrogen) atoms. The van der Waals surface area contributed by atoms with Crippen LogP contribution in [0.5, 0.6) is 0 Å². The van der Waals surface area contributed by atoms with Gasteiger partial charge in [-0.3, -0.25) is 0 Å². The first-order valence-corrected chi connectivity index (χ1v) is 6.69. The van der Waals surface area contributed by atoms with E-state index < -0.39 is 0 Å². The Morgan fingerprint density at radius 1 is 1.00 bits per heavy atom. The van der Waals surface area contributed by atoms with E-state index in [1.165, 1.54) is 32.1 Å². The number of unbranched alkanes of at least 4 members (excludes halogenated alkanes) is 4. The Bertz CT molecular complexity index is 201. The van der Waals surface area contributed by atoms with Crippen LogP contribution in [0.25, 0.3) is 0 Å². The summed E-state index contributed by atoms with van der Waals surface area (Å²) in [6.07, 6.45) is 11.8. The van der Waals surface area contributed by atoms with Crippen LogP contribution in [0.3, 0.4) is 0 Å². The van der Waals surface area contributed by atoms with Crippen LogP contribution in [-0.4, -0.2) is 5.79 Å². The van der Waals surface area contributed by atoms with Crippen molar-refractivity contribution in [2.45, 2.75) is 71.5 Å². The quantitative estimate of drug-likeness (QED) is 0.563. The van der Waals surface area contributed by atoms with Crippen LogP contribution < -0.4 is 0 Å². The summed E-state index contributed by atoms with van der Waals surface area (Å²) in [5, 5.41) is 0. The van der Waals surface area contributed by atoms with Crippen molar-refractivity contribution < 1.29 is 9.47 Å². The maximum atomic E-state index is 5.66. The molecule has 0 saturated heterocycles. The Labute approximate surface area is 100 Å². The lowest BCUT2D eigenvalue weighted by Crippen LogP contribution is -2.31. The third kappa shape index (κ3) is 4.46. The molecule has 2 nitrogen and oxygen atoms in total. The van der Waals surface area contributed by atoms with Crippen LogP contribution in [0.2, 0.25) is 0 Å². The Morgan fingerprint density at radius 2 is 1.62 bits per heavy atom. The van der Waals surface area contributed by atoms with Crippen LogP contribution in [0, 0.1) is 5.92 Å². The molecule has 1 heterocycles. The van der Waals surface area contributed by atoms with Gasteiger partial charge in [0.25, 0.3) is 0 Å². The molecule has 0 radical (unpaired) electrons. The summed E-state index contributed by atoms with van der Waals surface area (Å²) >= 11 is 0. The minimum Gasteiger partial charge on any atom is -0.457 e. The fraction of sp³-hybridized carbons (Fsp3) is 0.857. The first-order chi connectivity index (χ1) is 7.68. The minimum absolute atomic E-state index is 0.347. The summed E-state index contributed by atoms with van der Waals surface area (Å²) in [5.74, 6) is 0.260. The predicted octanol–water partition coefficient (Wildman–Crippen LogP) is 4.61. The topological polar surface area (TPSA) is 18.5 Å². The first-order valence-electron chi connectivity index (χ1n) is 6.69. The van der Waals surface area contributed by atoms with Gasteiger partial charge >= 0.3 is 0 Å². The molecule has 0 spiro atoms. The highest BCUT2D eigenvalue weighted by molar-refractivity contribution is 4.84. The number of rotatable bonds is 8. The van der Waals surface area contributed by atoms with Crippen LogP contribution in [0.15, 0.2) is 12.5 Å². The molecule has 0 saturated carbocycles. The lowest BCUT2D eigenvalue weighted by molar-refractivity contribution is -0.159. The molecule has 0 aromatic heterocycles. The summed E-state index contributed by atoms with van der Waals surface area (Å²) in [4.78, 5) is 0. The van der Waals surface area contributed by atoms with E-state index in [0.717, 1.165) is 12.8 Å². The number of hydrogen-bond donors (Lipinski definition) is 0. The molecular weight excluding hydrogens is 200 g/mol. The van der Waals surface area contributed by atoms with Gasteiger partial charge in [0.15, 0.2) is 0 Å². The summed E-state index contributed by atoms with van der Waals surface area (Å²) in [5.41, 5.74) is 0. The Kier molecular flexibility index (Phi) is 5.72. The van der Waals surface area contributed by atoms with Crippen molar-refractivity contribution in [2.24, 2.45) is 5.92 Å². The second-order valence-corrected chi connectivity index (χ2v) is 5.18. The van der Waals surface area contributed by atoms with Crippen molar-refractivity contribution in [1.29, 1.82) is 0 Å². The van der Waals surface area contributed by atoms with E-state index in [9.17, 15) is 0 Å². The zero-order valence-electron chi connectivity index (χ0n) is 11.0. The normalized spacial score (nSPS) is 17.5. The molecule has 94 valence electrons. The average Bonchev–Trinajstić information content (AvgIpc) is 2.65. The summed E-state index contributed by atoms with van der Waals surface area (Å²) in [6, 6.07) is 0. The van der Waals surface area contributed by atoms with Crippen molar-refractivity contribution in [2.75, 3.05) is 0 Å². The molecular formula is C14H26O2. The lowest BCUT2D eigenvalue weighted by atomic mass is 9.97. The van der Waals surface area contributed by atoms with Crippen molar-refractivity contribution in [3.8, 4) is 0 Å². The third-order valence-corrected chi connectivity index (χ3v) is 3.00. The molecule has 1 aliphatic heterocycles. The molecule has 1 rings (SSSR count). The molecule has 0 N–H and O–H groups in total. The van der Waals surface area contributed by atoms with E-state index in [4.69, 9.17) is 9.47 Å². The molecule has 0 aromatic carbocycles. The van der Waals surface area contributed by atoms with E-state index in [-0.39, 0.29) is 5.79 Å². The Balaban J connectivity index is 2.23. The monoisotopic (exact) mass is 226 g/mol. The largest absolute Gasteiger partial charge is 0.457 e. The van der Waals surface area contributed by atoms with Gasteiger partial charge in [-0.05, 0) is 12.3 Å². The van der Waals surface area contributed by atoms with Crippen LogP contribution in [-0.2, 0) is 9.47 Å². The molecule has 0 amide bonds. The molecule has 0 aromatic rings. The van der Waals surface area contributed by atoms with Crippen molar-refractivity contribution in [3.05, 3.63) is 12.5 Å². The second-order valence-electron chi connectivity index (χ2n) is 5.18.